The second kappa shape index (κ2) is 14.4. The number of rotatable bonds is 15. The summed E-state index contributed by atoms with van der Waals surface area (Å²) < 4.78 is 5.98. The molecular weight excluding hydrogens is 434 g/mol. The largest absolute Gasteiger partial charge is 0.506 e. The van der Waals surface area contributed by atoms with Gasteiger partial charge in [-0.15, -0.1) is 0 Å². The van der Waals surface area contributed by atoms with Crippen molar-refractivity contribution in [1.82, 2.24) is 5.32 Å². The molecule has 3 rings (SSSR count). The number of aryl methyl sites for hydroxylation is 1. The first-order valence-corrected chi connectivity index (χ1v) is 13.3. The second-order valence-corrected chi connectivity index (χ2v) is 9.48. The van der Waals surface area contributed by atoms with Gasteiger partial charge in [-0.3, -0.25) is 4.79 Å². The molecule has 0 bridgehead atoms. The van der Waals surface area contributed by atoms with Gasteiger partial charge in [-0.05, 0) is 48.1 Å². The molecule has 0 saturated heterocycles. The summed E-state index contributed by atoms with van der Waals surface area (Å²) in [5.41, 5.74) is 2.40. The number of fused-ring (bicyclic) bond motifs is 1. The number of aromatic hydroxyl groups is 1. The Kier molecular flexibility index (Phi) is 10.9. The molecule has 0 atom stereocenters. The molecule has 0 aliphatic rings. The van der Waals surface area contributed by atoms with Crippen molar-refractivity contribution >= 4 is 16.7 Å². The lowest BCUT2D eigenvalue weighted by molar-refractivity contribution is 0.0948. The van der Waals surface area contributed by atoms with E-state index in [1.54, 1.807) is 6.07 Å². The van der Waals surface area contributed by atoms with Crippen LogP contribution in [0.4, 0.5) is 0 Å². The highest BCUT2D eigenvalue weighted by Crippen LogP contribution is 2.28. The van der Waals surface area contributed by atoms with Crippen LogP contribution in [0.5, 0.6) is 11.5 Å². The molecule has 4 nitrogen and oxygen atoms in total. The fourth-order valence-corrected chi connectivity index (χ4v) is 4.42. The predicted molar refractivity (Wildman–Crippen MR) is 145 cm³/mol. The van der Waals surface area contributed by atoms with E-state index in [-0.39, 0.29) is 17.2 Å². The SMILES string of the molecule is CCCCCCCCCCCCOc1ccc(C)c(CNC(=O)c2ccc3ccccc3c2O)c1. The zero-order valence-corrected chi connectivity index (χ0v) is 21.4. The van der Waals surface area contributed by atoms with Crippen molar-refractivity contribution in [3.8, 4) is 11.5 Å². The van der Waals surface area contributed by atoms with Crippen molar-refractivity contribution in [3.05, 3.63) is 71.3 Å². The zero-order chi connectivity index (χ0) is 24.9. The van der Waals surface area contributed by atoms with Crippen molar-refractivity contribution in [3.63, 3.8) is 0 Å². The van der Waals surface area contributed by atoms with Crippen LogP contribution >= 0.6 is 0 Å². The number of unbranched alkanes of at least 4 members (excludes halogenated alkanes) is 9. The van der Waals surface area contributed by atoms with Gasteiger partial charge in [-0.25, -0.2) is 0 Å². The molecule has 0 spiro atoms. The number of amides is 1. The van der Waals surface area contributed by atoms with Crippen LogP contribution < -0.4 is 10.1 Å². The number of hydrogen-bond acceptors (Lipinski definition) is 3. The van der Waals surface area contributed by atoms with Crippen LogP contribution in [0, 0.1) is 6.92 Å². The second-order valence-electron chi connectivity index (χ2n) is 9.48. The molecule has 1 amide bonds. The van der Waals surface area contributed by atoms with Gasteiger partial charge in [-0.2, -0.15) is 0 Å². The van der Waals surface area contributed by atoms with Gasteiger partial charge in [-0.1, -0.05) is 101 Å². The molecule has 188 valence electrons. The summed E-state index contributed by atoms with van der Waals surface area (Å²) >= 11 is 0. The molecule has 35 heavy (non-hydrogen) atoms. The van der Waals surface area contributed by atoms with Crippen LogP contribution in [0.1, 0.15) is 92.6 Å². The van der Waals surface area contributed by atoms with Crippen LogP contribution in [0.3, 0.4) is 0 Å². The molecule has 3 aromatic carbocycles. The van der Waals surface area contributed by atoms with Gasteiger partial charge in [0.1, 0.15) is 11.5 Å². The monoisotopic (exact) mass is 475 g/mol. The van der Waals surface area contributed by atoms with Gasteiger partial charge in [0, 0.05) is 11.9 Å². The standard InChI is InChI=1S/C31H41NO3/c1-3-4-5-6-7-8-9-10-11-14-21-35-27-19-17-24(2)26(22-27)23-32-31(34)29-20-18-25-15-12-13-16-28(25)30(29)33/h12-13,15-20,22,33H,3-11,14,21,23H2,1-2H3,(H,32,34). The van der Waals surface area contributed by atoms with E-state index in [9.17, 15) is 9.90 Å². The normalized spacial score (nSPS) is 11.0. The topological polar surface area (TPSA) is 58.6 Å². The fraction of sp³-hybridized carbons (Fsp3) is 0.452. The van der Waals surface area contributed by atoms with E-state index in [1.165, 1.54) is 57.8 Å². The van der Waals surface area contributed by atoms with Crippen molar-refractivity contribution in [1.29, 1.82) is 0 Å². The van der Waals surface area contributed by atoms with Crippen molar-refractivity contribution in [2.75, 3.05) is 6.61 Å². The fourth-order valence-electron chi connectivity index (χ4n) is 4.42. The lowest BCUT2D eigenvalue weighted by Crippen LogP contribution is -2.23. The minimum atomic E-state index is -0.288. The number of nitrogens with one attached hydrogen (secondary N) is 1. The average Bonchev–Trinajstić information content (AvgIpc) is 2.87. The Balaban J connectivity index is 1.41. The number of carbonyl (C=O) groups is 1. The van der Waals surface area contributed by atoms with Crippen LogP contribution in [0.15, 0.2) is 54.6 Å². The summed E-state index contributed by atoms with van der Waals surface area (Å²) in [6, 6.07) is 17.1. The third-order valence-electron chi connectivity index (χ3n) is 6.67. The van der Waals surface area contributed by atoms with E-state index in [4.69, 9.17) is 4.74 Å². The van der Waals surface area contributed by atoms with E-state index in [1.807, 2.05) is 55.5 Å². The molecular formula is C31H41NO3. The third-order valence-corrected chi connectivity index (χ3v) is 6.67. The van der Waals surface area contributed by atoms with Gasteiger partial charge in [0.2, 0.25) is 0 Å². The Hall–Kier alpha value is -3.01. The van der Waals surface area contributed by atoms with E-state index < -0.39 is 0 Å². The predicted octanol–water partition coefficient (Wildman–Crippen LogP) is 8.08. The van der Waals surface area contributed by atoms with Gasteiger partial charge in [0.15, 0.2) is 0 Å². The number of hydrogen-bond donors (Lipinski definition) is 2. The summed E-state index contributed by atoms with van der Waals surface area (Å²) in [6.45, 7) is 5.39. The summed E-state index contributed by atoms with van der Waals surface area (Å²) in [5.74, 6) is 0.569. The molecule has 0 aromatic heterocycles. The molecule has 0 heterocycles. The quantitative estimate of drug-likeness (QED) is 0.218. The molecule has 0 radical (unpaired) electrons. The first-order valence-electron chi connectivity index (χ1n) is 13.3. The Bertz CT molecular complexity index is 1080. The first-order chi connectivity index (χ1) is 17.1. The number of phenolic OH excluding ortho intramolecular Hbond substituents is 1. The maximum absolute atomic E-state index is 12.8. The molecule has 0 saturated carbocycles. The van der Waals surface area contributed by atoms with Gasteiger partial charge < -0.3 is 15.2 Å². The first kappa shape index (κ1) is 26.6. The number of ether oxygens (including phenoxy) is 1. The van der Waals surface area contributed by atoms with Crippen LogP contribution in [0.25, 0.3) is 10.8 Å². The molecule has 0 unspecified atom stereocenters. The van der Waals surface area contributed by atoms with E-state index in [0.717, 1.165) is 35.3 Å². The van der Waals surface area contributed by atoms with Crippen LogP contribution in [-0.2, 0) is 6.54 Å². The maximum atomic E-state index is 12.8. The minimum Gasteiger partial charge on any atom is -0.506 e. The number of carbonyl (C=O) groups excluding carboxylic acids is 1. The van der Waals surface area contributed by atoms with Crippen LogP contribution in [-0.4, -0.2) is 17.6 Å². The van der Waals surface area contributed by atoms with Crippen molar-refractivity contribution in [2.24, 2.45) is 0 Å². The summed E-state index contributed by atoms with van der Waals surface area (Å²) in [6.07, 6.45) is 13.1. The van der Waals surface area contributed by atoms with Crippen molar-refractivity contribution in [2.45, 2.75) is 84.6 Å². The van der Waals surface area contributed by atoms with Crippen molar-refractivity contribution < 1.29 is 14.6 Å². The van der Waals surface area contributed by atoms with E-state index in [2.05, 4.69) is 12.2 Å². The van der Waals surface area contributed by atoms with Gasteiger partial charge in [0.05, 0.1) is 12.2 Å². The smallest absolute Gasteiger partial charge is 0.255 e. The lowest BCUT2D eigenvalue weighted by atomic mass is 10.0. The zero-order valence-electron chi connectivity index (χ0n) is 21.4. The Labute approximate surface area is 210 Å². The minimum absolute atomic E-state index is 0.0194. The average molecular weight is 476 g/mol. The molecule has 3 aromatic rings. The summed E-state index contributed by atoms with van der Waals surface area (Å²) in [5, 5.41) is 15.1. The van der Waals surface area contributed by atoms with Crippen LogP contribution in [0.2, 0.25) is 0 Å². The van der Waals surface area contributed by atoms with Gasteiger partial charge >= 0.3 is 0 Å². The molecule has 0 aliphatic heterocycles. The van der Waals surface area contributed by atoms with Gasteiger partial charge in [0.25, 0.3) is 5.91 Å². The van der Waals surface area contributed by atoms with E-state index in [0.29, 0.717) is 11.9 Å². The molecule has 4 heteroatoms. The molecule has 0 aliphatic carbocycles. The Morgan fingerprint density at radius 2 is 1.54 bits per heavy atom. The Morgan fingerprint density at radius 1 is 0.857 bits per heavy atom. The summed E-state index contributed by atoms with van der Waals surface area (Å²) in [4.78, 5) is 12.8. The van der Waals surface area contributed by atoms with E-state index >= 15 is 0 Å². The summed E-state index contributed by atoms with van der Waals surface area (Å²) in [7, 11) is 0. The lowest BCUT2D eigenvalue weighted by Gasteiger charge is -2.13. The number of benzene rings is 3. The third kappa shape index (κ3) is 8.31. The highest BCUT2D eigenvalue weighted by atomic mass is 16.5. The highest BCUT2D eigenvalue weighted by Gasteiger charge is 2.14. The molecule has 0 fully saturated rings. The molecule has 2 N–H and O–H groups in total. The number of phenols is 1. The highest BCUT2D eigenvalue weighted by molar-refractivity contribution is 6.03. The maximum Gasteiger partial charge on any atom is 0.255 e. The Morgan fingerprint density at radius 3 is 2.29 bits per heavy atom.